The number of ether oxygens (including phenoxy) is 2. The van der Waals surface area contributed by atoms with Crippen molar-refractivity contribution in [2.24, 2.45) is 0 Å². The number of hydrogen-bond acceptors (Lipinski definition) is 13. The molecule has 10 atom stereocenters. The number of anilines is 1. The summed E-state index contributed by atoms with van der Waals surface area (Å²) >= 11 is 0. The molecule has 1 aliphatic carbocycles. The summed E-state index contributed by atoms with van der Waals surface area (Å²) in [5.74, 6) is -2.41. The molecular weight excluding hydrogens is 778 g/mol. The number of nitrogens with one attached hydrogen (secondary N) is 1. The lowest BCUT2D eigenvalue weighted by Crippen LogP contribution is -2.78. The van der Waals surface area contributed by atoms with Crippen LogP contribution in [0.15, 0.2) is 42.5 Å². The van der Waals surface area contributed by atoms with Crippen LogP contribution in [-0.4, -0.2) is 119 Å². The van der Waals surface area contributed by atoms with E-state index in [0.29, 0.717) is 11.3 Å². The molecule has 4 amide bonds. The summed E-state index contributed by atoms with van der Waals surface area (Å²) in [7, 11) is 7.80. The molecule has 2 aromatic carbocycles. The van der Waals surface area contributed by atoms with Crippen LogP contribution in [0.1, 0.15) is 50.3 Å². The van der Waals surface area contributed by atoms with Crippen LogP contribution in [-0.2, 0) is 45.9 Å². The Morgan fingerprint density at radius 1 is 0.852 bits per heavy atom. The van der Waals surface area contributed by atoms with E-state index in [2.05, 4.69) is 5.32 Å². The number of nitrogens with zero attached hydrogens (tertiary/aromatic N) is 4. The lowest BCUT2D eigenvalue weighted by atomic mass is 9.51. The summed E-state index contributed by atoms with van der Waals surface area (Å²) in [6.07, 6.45) is -5.01. The predicted molar refractivity (Wildman–Crippen MR) is 200 cm³/mol. The summed E-state index contributed by atoms with van der Waals surface area (Å²) in [6.45, 7) is 5.19. The number of amides is 4. The van der Waals surface area contributed by atoms with Gasteiger partial charge < -0.3 is 34.6 Å². The molecule has 18 heteroatoms. The van der Waals surface area contributed by atoms with E-state index in [1.54, 1.807) is 32.0 Å². The van der Waals surface area contributed by atoms with Gasteiger partial charge in [-0.3, -0.25) is 24.1 Å². The second-order valence-corrected chi connectivity index (χ2v) is 20.3. The smallest absolute Gasteiger partial charge is 0.435 e. The Kier molecular flexibility index (Phi) is 6.99. The molecule has 0 unspecified atom stereocenters. The molecule has 0 radical (unpaired) electrons. The van der Waals surface area contributed by atoms with Crippen molar-refractivity contribution in [2.75, 3.05) is 26.0 Å². The van der Waals surface area contributed by atoms with Crippen molar-refractivity contribution in [3.05, 3.63) is 65.0 Å². The second kappa shape index (κ2) is 10.7. The summed E-state index contributed by atoms with van der Waals surface area (Å²) in [5, 5.41) is 17.2. The van der Waals surface area contributed by atoms with Crippen LogP contribution in [0.5, 0.6) is 0 Å². The number of rotatable bonds is 5. The fourth-order valence-electron chi connectivity index (χ4n) is 11.4. The van der Waals surface area contributed by atoms with Crippen molar-refractivity contribution in [1.82, 2.24) is 19.6 Å². The molecule has 4 bridgehead atoms. The Morgan fingerprint density at radius 3 is 2.15 bits per heavy atom. The van der Waals surface area contributed by atoms with Crippen LogP contribution >= 0.6 is 43.2 Å². The van der Waals surface area contributed by atoms with E-state index < -0.39 is 84.4 Å². The fraction of sp³-hybridized carbons (Fsp3) is 0.528. The van der Waals surface area contributed by atoms with E-state index in [4.69, 9.17) is 9.47 Å². The first-order valence-corrected chi connectivity index (χ1v) is 22.2. The highest BCUT2D eigenvalue weighted by molar-refractivity contribution is 8.78. The number of aliphatic hydroxyl groups excluding tert-OH is 1. The van der Waals surface area contributed by atoms with Gasteiger partial charge in [0.25, 0.3) is 23.6 Å². The number of aliphatic hydroxyl groups is 1. The Bertz CT molecular complexity index is 2150. The molecule has 9 heterocycles. The van der Waals surface area contributed by atoms with Crippen LogP contribution < -0.4 is 5.32 Å². The SMILES string of the molecule is CCOC(=O)O[C@H]1[C@]2([C@@]34c5ccccc5C[C@@H]3N3C(=O)[C@]5(CC)SS[C@]3(C(=O)N5C)[C@H]4O)c3cc(F)ccc3N[C@@H]2N2C(=O)[C@]3(CC)SS[C@]12C(=O)N3C. The van der Waals surface area contributed by atoms with Crippen molar-refractivity contribution in [1.29, 1.82) is 0 Å². The fourth-order valence-corrected chi connectivity index (χ4v) is 19.3. The molecule has 284 valence electrons. The van der Waals surface area contributed by atoms with Crippen LogP contribution in [0.2, 0.25) is 0 Å². The monoisotopic (exact) mass is 813 g/mol. The molecule has 54 heavy (non-hydrogen) atoms. The molecule has 12 rings (SSSR count). The van der Waals surface area contributed by atoms with Gasteiger partial charge in [0.05, 0.1) is 23.5 Å². The molecule has 2 aromatic rings. The number of piperazine rings is 2. The summed E-state index contributed by atoms with van der Waals surface area (Å²) < 4.78 is 27.9. The van der Waals surface area contributed by atoms with E-state index in [1.165, 1.54) is 54.5 Å². The number of likely N-dealkylation sites (N-methyl/N-ethyl adjacent to an activating group) is 2. The number of fused-ring (bicyclic) bond motifs is 11. The summed E-state index contributed by atoms with van der Waals surface area (Å²) in [5.41, 5.74) is -1.75. The van der Waals surface area contributed by atoms with Gasteiger partial charge in [0.2, 0.25) is 9.74 Å². The molecule has 9 aliphatic heterocycles. The molecule has 10 aliphatic rings. The quantitative estimate of drug-likeness (QED) is 0.335. The Hall–Kier alpha value is -3.32. The first-order valence-electron chi connectivity index (χ1n) is 17.9. The average Bonchev–Trinajstić information content (AvgIpc) is 3.81. The van der Waals surface area contributed by atoms with Gasteiger partial charge in [-0.15, -0.1) is 0 Å². The van der Waals surface area contributed by atoms with Crippen molar-refractivity contribution < 1.29 is 42.9 Å². The van der Waals surface area contributed by atoms with Gasteiger partial charge >= 0.3 is 6.16 Å². The maximum atomic E-state index is 16.0. The number of carbonyl (C=O) groups is 5. The molecule has 0 saturated carbocycles. The first kappa shape index (κ1) is 35.1. The number of carbonyl (C=O) groups excluding carboxylic acids is 5. The third-order valence-electron chi connectivity index (χ3n) is 13.6. The number of benzene rings is 2. The maximum absolute atomic E-state index is 16.0. The standard InChI is InChI=1S/C36H36FN5O8S4/c1-6-31-26(44)41-22-15-17-11-9-10-12-19(17)33(22,23(43)35(41,53-51-31)28(46)39(31)4)34-20-16-18(37)13-14-21(20)38-25(34)42-27(45)32(7-2)40(5)29(47)36(42,54-52-32)24(34)50-30(48)49-8-3/h9-14,16,22-25,38,43H,6-8,15H2,1-5H3/t22-,23-,24-,25+,31-,32-,33-,34+,35-,36-/m0/s1. The highest BCUT2D eigenvalue weighted by atomic mass is 33.1. The number of halogens is 1. The second-order valence-electron chi connectivity index (χ2n) is 15.0. The molecule has 8 saturated heterocycles. The zero-order valence-corrected chi connectivity index (χ0v) is 33.1. The topological polar surface area (TPSA) is 149 Å². The van der Waals surface area contributed by atoms with Crippen molar-refractivity contribution in [3.8, 4) is 0 Å². The van der Waals surface area contributed by atoms with E-state index in [9.17, 15) is 14.7 Å². The van der Waals surface area contributed by atoms with Gasteiger partial charge in [-0.25, -0.2) is 9.18 Å². The van der Waals surface area contributed by atoms with Gasteiger partial charge in [-0.05, 0) is 82.7 Å². The van der Waals surface area contributed by atoms with E-state index in [0.717, 1.165) is 27.2 Å². The van der Waals surface area contributed by atoms with Gasteiger partial charge in [0, 0.05) is 19.8 Å². The van der Waals surface area contributed by atoms with Crippen LogP contribution in [0.3, 0.4) is 0 Å². The normalized spacial score (nSPS) is 41.8. The lowest BCUT2D eigenvalue weighted by Gasteiger charge is -2.59. The average molecular weight is 814 g/mol. The number of hydrogen-bond donors (Lipinski definition) is 2. The maximum Gasteiger partial charge on any atom is 0.508 e. The van der Waals surface area contributed by atoms with Crippen molar-refractivity contribution in [3.63, 3.8) is 0 Å². The van der Waals surface area contributed by atoms with Crippen LogP contribution in [0.4, 0.5) is 14.9 Å². The highest BCUT2D eigenvalue weighted by Gasteiger charge is 2.93. The van der Waals surface area contributed by atoms with Gasteiger partial charge in [-0.2, -0.15) is 0 Å². The Morgan fingerprint density at radius 2 is 1.48 bits per heavy atom. The zero-order chi connectivity index (χ0) is 38.1. The molecule has 0 aromatic heterocycles. The largest absolute Gasteiger partial charge is 0.508 e. The minimum Gasteiger partial charge on any atom is -0.435 e. The summed E-state index contributed by atoms with van der Waals surface area (Å²) in [6, 6.07) is 10.5. The highest BCUT2D eigenvalue weighted by Crippen LogP contribution is 2.79. The molecule has 8 fully saturated rings. The lowest BCUT2D eigenvalue weighted by molar-refractivity contribution is -0.168. The molecule has 13 nitrogen and oxygen atoms in total. The van der Waals surface area contributed by atoms with E-state index in [-0.39, 0.29) is 37.3 Å². The van der Waals surface area contributed by atoms with Crippen molar-refractivity contribution in [2.45, 2.75) is 94.8 Å². The van der Waals surface area contributed by atoms with Gasteiger partial charge in [0.1, 0.15) is 18.1 Å². The third-order valence-corrected chi connectivity index (χ3v) is 21.1. The van der Waals surface area contributed by atoms with Crippen LogP contribution in [0.25, 0.3) is 0 Å². The van der Waals surface area contributed by atoms with Gasteiger partial charge in [0.15, 0.2) is 15.8 Å². The van der Waals surface area contributed by atoms with E-state index >= 15 is 18.8 Å². The van der Waals surface area contributed by atoms with Crippen molar-refractivity contribution >= 4 is 78.6 Å². The Labute approximate surface area is 325 Å². The minimum atomic E-state index is -1.95. The van der Waals surface area contributed by atoms with Crippen LogP contribution in [0, 0.1) is 5.82 Å². The minimum absolute atomic E-state index is 0.0752. The Balaban J connectivity index is 1.37. The van der Waals surface area contributed by atoms with Gasteiger partial charge in [-0.1, -0.05) is 59.7 Å². The zero-order valence-electron chi connectivity index (χ0n) is 29.8. The predicted octanol–water partition coefficient (Wildman–Crippen LogP) is 3.60. The molecule has 2 spiro atoms. The molecule has 2 N–H and O–H groups in total. The van der Waals surface area contributed by atoms with E-state index in [1.807, 2.05) is 32.0 Å². The molecular formula is C36H36FN5O8S4. The third kappa shape index (κ3) is 3.24. The summed E-state index contributed by atoms with van der Waals surface area (Å²) in [4.78, 5) is 74.0. The first-order chi connectivity index (χ1) is 25.8.